The molecule has 0 spiro atoms. The van der Waals surface area contributed by atoms with E-state index in [1.165, 1.54) is 6.92 Å². The van der Waals surface area contributed by atoms with Crippen LogP contribution in [0.1, 0.15) is 17.3 Å². The molecule has 1 aromatic rings. The quantitative estimate of drug-likeness (QED) is 0.639. The van der Waals surface area contributed by atoms with Gasteiger partial charge in [-0.3, -0.25) is 9.59 Å². The number of nitrogens with zero attached hydrogens (tertiary/aromatic N) is 1. The number of hydrogen-bond acceptors (Lipinski definition) is 4. The SMILES string of the molecule is CC(=O)c1cccc(NC(=O)CSC#N)c1. The topological polar surface area (TPSA) is 70.0 Å². The molecule has 0 radical (unpaired) electrons. The van der Waals surface area contributed by atoms with Crippen molar-refractivity contribution in [2.24, 2.45) is 0 Å². The summed E-state index contributed by atoms with van der Waals surface area (Å²) >= 11 is 0.873. The second kappa shape index (κ2) is 5.93. The molecule has 0 saturated carbocycles. The van der Waals surface area contributed by atoms with E-state index in [0.29, 0.717) is 11.3 Å². The summed E-state index contributed by atoms with van der Waals surface area (Å²) in [5.41, 5.74) is 1.11. The number of thioether (sulfide) groups is 1. The number of thiocyanates is 1. The fraction of sp³-hybridized carbons (Fsp3) is 0.182. The highest BCUT2D eigenvalue weighted by Crippen LogP contribution is 2.11. The summed E-state index contributed by atoms with van der Waals surface area (Å²) in [5, 5.41) is 12.7. The first-order valence-electron chi connectivity index (χ1n) is 4.55. The maximum Gasteiger partial charge on any atom is 0.235 e. The van der Waals surface area contributed by atoms with E-state index in [0.717, 1.165) is 11.8 Å². The van der Waals surface area contributed by atoms with E-state index in [-0.39, 0.29) is 17.4 Å². The van der Waals surface area contributed by atoms with Crippen molar-refractivity contribution in [2.45, 2.75) is 6.92 Å². The predicted molar refractivity (Wildman–Crippen MR) is 63.1 cm³/mol. The fourth-order valence-corrected chi connectivity index (χ4v) is 1.38. The highest BCUT2D eigenvalue weighted by Gasteiger charge is 2.04. The number of nitriles is 1. The van der Waals surface area contributed by atoms with Gasteiger partial charge in [0.1, 0.15) is 5.40 Å². The molecule has 0 atom stereocenters. The summed E-state index contributed by atoms with van der Waals surface area (Å²) in [6, 6.07) is 6.68. The third kappa shape index (κ3) is 3.75. The number of carbonyl (C=O) groups excluding carboxylic acids is 2. The van der Waals surface area contributed by atoms with Crippen LogP contribution in [0.4, 0.5) is 5.69 Å². The Morgan fingerprint density at radius 3 is 2.88 bits per heavy atom. The van der Waals surface area contributed by atoms with Crippen molar-refractivity contribution in [1.29, 1.82) is 5.26 Å². The molecule has 1 N–H and O–H groups in total. The number of ketones is 1. The van der Waals surface area contributed by atoms with Gasteiger partial charge in [-0.25, -0.2) is 0 Å². The lowest BCUT2D eigenvalue weighted by Gasteiger charge is -2.04. The Balaban J connectivity index is 2.67. The van der Waals surface area contributed by atoms with Crippen molar-refractivity contribution in [1.82, 2.24) is 0 Å². The van der Waals surface area contributed by atoms with Gasteiger partial charge in [-0.05, 0) is 30.8 Å². The number of amides is 1. The second-order valence-corrected chi connectivity index (χ2v) is 3.83. The van der Waals surface area contributed by atoms with Gasteiger partial charge in [-0.1, -0.05) is 12.1 Å². The van der Waals surface area contributed by atoms with Gasteiger partial charge in [0.15, 0.2) is 5.78 Å². The Hall–Kier alpha value is -1.80. The monoisotopic (exact) mass is 234 g/mol. The highest BCUT2D eigenvalue weighted by atomic mass is 32.2. The zero-order valence-corrected chi connectivity index (χ0v) is 9.50. The lowest BCUT2D eigenvalue weighted by Crippen LogP contribution is -2.13. The minimum absolute atomic E-state index is 0.0532. The number of rotatable bonds is 4. The van der Waals surface area contributed by atoms with Crippen LogP contribution < -0.4 is 5.32 Å². The molecule has 0 aliphatic heterocycles. The van der Waals surface area contributed by atoms with Crippen LogP contribution in [0.2, 0.25) is 0 Å². The van der Waals surface area contributed by atoms with E-state index in [9.17, 15) is 9.59 Å². The molecule has 0 unspecified atom stereocenters. The van der Waals surface area contributed by atoms with Gasteiger partial charge in [0.2, 0.25) is 5.91 Å². The summed E-state index contributed by atoms with van der Waals surface area (Å²) in [6.07, 6.45) is 0. The Morgan fingerprint density at radius 1 is 1.50 bits per heavy atom. The lowest BCUT2D eigenvalue weighted by atomic mass is 10.1. The van der Waals surface area contributed by atoms with Crippen molar-refractivity contribution in [3.05, 3.63) is 29.8 Å². The standard InChI is InChI=1S/C11H10N2O2S/c1-8(14)9-3-2-4-10(5-9)13-11(15)6-16-7-12/h2-5H,6H2,1H3,(H,13,15). The number of benzene rings is 1. The molecule has 82 valence electrons. The normalized spacial score (nSPS) is 9.25. The molecule has 0 aliphatic rings. The van der Waals surface area contributed by atoms with Crippen LogP contribution in [0.3, 0.4) is 0 Å². The molecular formula is C11H10N2O2S. The summed E-state index contributed by atoms with van der Waals surface area (Å²) < 4.78 is 0. The minimum Gasteiger partial charge on any atom is -0.325 e. The minimum atomic E-state index is -0.257. The lowest BCUT2D eigenvalue weighted by molar-refractivity contribution is -0.113. The van der Waals surface area contributed by atoms with Crippen LogP contribution in [-0.4, -0.2) is 17.4 Å². The zero-order chi connectivity index (χ0) is 12.0. The first-order chi connectivity index (χ1) is 7.63. The van der Waals surface area contributed by atoms with Crippen LogP contribution in [0.15, 0.2) is 24.3 Å². The van der Waals surface area contributed by atoms with Crippen molar-refractivity contribution in [2.75, 3.05) is 11.1 Å². The van der Waals surface area contributed by atoms with Crippen LogP contribution in [0.5, 0.6) is 0 Å². The van der Waals surface area contributed by atoms with Gasteiger partial charge in [0, 0.05) is 11.3 Å². The average Bonchev–Trinajstić information content (AvgIpc) is 2.26. The number of carbonyl (C=O) groups is 2. The first-order valence-corrected chi connectivity index (χ1v) is 5.54. The molecule has 1 amide bonds. The average molecular weight is 234 g/mol. The number of Topliss-reactive ketones (excluding diaryl/α,β-unsaturated/α-hetero) is 1. The maximum atomic E-state index is 11.3. The van der Waals surface area contributed by atoms with Crippen LogP contribution in [-0.2, 0) is 4.79 Å². The Kier molecular flexibility index (Phi) is 4.55. The molecule has 1 aromatic carbocycles. The van der Waals surface area contributed by atoms with Crippen LogP contribution >= 0.6 is 11.8 Å². The zero-order valence-electron chi connectivity index (χ0n) is 8.69. The van der Waals surface area contributed by atoms with E-state index in [2.05, 4.69) is 5.32 Å². The Bertz CT molecular complexity index is 452. The molecular weight excluding hydrogens is 224 g/mol. The first kappa shape index (κ1) is 12.3. The third-order valence-corrected chi connectivity index (χ3v) is 2.36. The van der Waals surface area contributed by atoms with Crippen molar-refractivity contribution < 1.29 is 9.59 Å². The van der Waals surface area contributed by atoms with Gasteiger partial charge in [0.25, 0.3) is 0 Å². The summed E-state index contributed by atoms with van der Waals surface area (Å²) in [5.74, 6) is -0.226. The van der Waals surface area contributed by atoms with Gasteiger partial charge in [0.05, 0.1) is 5.75 Å². The van der Waals surface area contributed by atoms with Gasteiger partial charge in [-0.2, -0.15) is 5.26 Å². The summed E-state index contributed by atoms with van der Waals surface area (Å²) in [6.45, 7) is 1.46. The van der Waals surface area contributed by atoms with Gasteiger partial charge < -0.3 is 5.32 Å². The van der Waals surface area contributed by atoms with E-state index in [4.69, 9.17) is 5.26 Å². The van der Waals surface area contributed by atoms with Crippen LogP contribution in [0.25, 0.3) is 0 Å². The molecule has 0 fully saturated rings. The smallest absolute Gasteiger partial charge is 0.235 e. The van der Waals surface area contributed by atoms with Gasteiger partial charge in [-0.15, -0.1) is 0 Å². The van der Waals surface area contributed by atoms with E-state index < -0.39 is 0 Å². The largest absolute Gasteiger partial charge is 0.325 e. The van der Waals surface area contributed by atoms with E-state index in [1.807, 2.05) is 5.40 Å². The third-order valence-electron chi connectivity index (χ3n) is 1.82. The van der Waals surface area contributed by atoms with Crippen LogP contribution in [0, 0.1) is 10.7 Å². The molecule has 0 bridgehead atoms. The molecule has 0 aromatic heterocycles. The summed E-state index contributed by atoms with van der Waals surface area (Å²) in [7, 11) is 0. The fourth-order valence-electron chi connectivity index (χ4n) is 1.11. The highest BCUT2D eigenvalue weighted by molar-refractivity contribution is 8.04. The molecule has 5 heteroatoms. The van der Waals surface area contributed by atoms with Crippen molar-refractivity contribution >= 4 is 29.1 Å². The molecule has 0 saturated heterocycles. The number of anilines is 1. The van der Waals surface area contributed by atoms with E-state index >= 15 is 0 Å². The Labute approximate surface area is 97.6 Å². The van der Waals surface area contributed by atoms with Crippen molar-refractivity contribution in [3.8, 4) is 5.40 Å². The van der Waals surface area contributed by atoms with Crippen molar-refractivity contribution in [3.63, 3.8) is 0 Å². The molecule has 0 aliphatic carbocycles. The number of hydrogen-bond donors (Lipinski definition) is 1. The molecule has 1 rings (SSSR count). The molecule has 16 heavy (non-hydrogen) atoms. The molecule has 0 heterocycles. The number of nitrogens with one attached hydrogen (secondary N) is 1. The molecule has 4 nitrogen and oxygen atoms in total. The maximum absolute atomic E-state index is 11.3. The van der Waals surface area contributed by atoms with E-state index in [1.54, 1.807) is 24.3 Å². The second-order valence-electron chi connectivity index (χ2n) is 3.07. The predicted octanol–water partition coefficient (Wildman–Crippen LogP) is 2.04. The van der Waals surface area contributed by atoms with Gasteiger partial charge >= 0.3 is 0 Å². The summed E-state index contributed by atoms with van der Waals surface area (Å²) in [4.78, 5) is 22.4. The Morgan fingerprint density at radius 2 is 2.25 bits per heavy atom.